The summed E-state index contributed by atoms with van der Waals surface area (Å²) in [5.74, 6) is 0.940. The molecule has 0 saturated heterocycles. The van der Waals surface area contributed by atoms with Gasteiger partial charge in [-0.25, -0.2) is 24.9 Å². The molecule has 3 heterocycles. The molecule has 7 nitrogen and oxygen atoms in total. The number of aliphatic imine (C=N–C) groups is 1. The van der Waals surface area contributed by atoms with E-state index in [1.165, 1.54) is 17.6 Å². The summed E-state index contributed by atoms with van der Waals surface area (Å²) in [6, 6.07) is 3.58. The molecule has 0 aliphatic carbocycles. The number of aryl methyl sites for hydroxylation is 1. The molecule has 0 unspecified atom stereocenters. The Hall–Kier alpha value is -3.13. The van der Waals surface area contributed by atoms with E-state index in [1.54, 1.807) is 37.1 Å². The third-order valence-electron chi connectivity index (χ3n) is 3.22. The summed E-state index contributed by atoms with van der Waals surface area (Å²) in [4.78, 5) is 26.7. The van der Waals surface area contributed by atoms with Gasteiger partial charge in [0, 0.05) is 42.8 Å². The Bertz CT molecular complexity index is 945. The SMILES string of the molecule is C/C=N\C=C(/C=N)c1nc(C)c(-c2ccnc(-c3ncccn3)n2)s1. The summed E-state index contributed by atoms with van der Waals surface area (Å²) in [6.07, 6.45) is 9.53. The zero-order valence-corrected chi connectivity index (χ0v) is 14.5. The van der Waals surface area contributed by atoms with Gasteiger partial charge in [0.05, 0.1) is 16.3 Å². The topological polar surface area (TPSA) is 101 Å². The van der Waals surface area contributed by atoms with E-state index < -0.39 is 0 Å². The van der Waals surface area contributed by atoms with Crippen LogP contribution in [0.1, 0.15) is 17.6 Å². The second-order valence-corrected chi connectivity index (χ2v) is 5.91. The zero-order valence-electron chi connectivity index (χ0n) is 13.7. The van der Waals surface area contributed by atoms with Gasteiger partial charge in [0.25, 0.3) is 0 Å². The van der Waals surface area contributed by atoms with Crippen LogP contribution in [0.3, 0.4) is 0 Å². The molecule has 1 N–H and O–H groups in total. The summed E-state index contributed by atoms with van der Waals surface area (Å²) in [5.41, 5.74) is 2.24. The molecule has 3 aromatic rings. The van der Waals surface area contributed by atoms with Gasteiger partial charge in [-0.05, 0) is 26.0 Å². The van der Waals surface area contributed by atoms with Crippen molar-refractivity contribution in [1.29, 1.82) is 5.41 Å². The van der Waals surface area contributed by atoms with E-state index in [4.69, 9.17) is 5.41 Å². The van der Waals surface area contributed by atoms with Crippen molar-refractivity contribution in [2.45, 2.75) is 13.8 Å². The van der Waals surface area contributed by atoms with E-state index in [0.29, 0.717) is 17.2 Å². The highest BCUT2D eigenvalue weighted by molar-refractivity contribution is 7.16. The van der Waals surface area contributed by atoms with Crippen molar-refractivity contribution >= 4 is 29.3 Å². The molecule has 124 valence electrons. The first kappa shape index (κ1) is 16.7. The van der Waals surface area contributed by atoms with Crippen LogP contribution in [0.2, 0.25) is 0 Å². The first-order chi connectivity index (χ1) is 12.2. The smallest absolute Gasteiger partial charge is 0.198 e. The lowest BCUT2D eigenvalue weighted by Gasteiger charge is -2.01. The molecule has 0 amide bonds. The number of hydrogen-bond donors (Lipinski definition) is 1. The lowest BCUT2D eigenvalue weighted by atomic mass is 10.3. The van der Waals surface area contributed by atoms with Crippen molar-refractivity contribution in [3.8, 4) is 22.2 Å². The highest BCUT2D eigenvalue weighted by atomic mass is 32.1. The first-order valence-electron chi connectivity index (χ1n) is 7.50. The van der Waals surface area contributed by atoms with Gasteiger partial charge < -0.3 is 5.41 Å². The average molecular weight is 349 g/mol. The number of aromatic nitrogens is 5. The van der Waals surface area contributed by atoms with Crippen LogP contribution in [0, 0.1) is 12.3 Å². The number of rotatable bonds is 5. The van der Waals surface area contributed by atoms with Crippen molar-refractivity contribution in [2.75, 3.05) is 0 Å². The van der Waals surface area contributed by atoms with Gasteiger partial charge in [-0.1, -0.05) is 0 Å². The van der Waals surface area contributed by atoms with Crippen molar-refractivity contribution in [2.24, 2.45) is 4.99 Å². The van der Waals surface area contributed by atoms with E-state index in [0.717, 1.165) is 21.3 Å². The van der Waals surface area contributed by atoms with E-state index in [9.17, 15) is 0 Å². The van der Waals surface area contributed by atoms with E-state index in [2.05, 4.69) is 29.9 Å². The molecule has 25 heavy (non-hydrogen) atoms. The maximum atomic E-state index is 7.56. The van der Waals surface area contributed by atoms with Crippen molar-refractivity contribution in [3.63, 3.8) is 0 Å². The summed E-state index contributed by atoms with van der Waals surface area (Å²) in [5, 5.41) is 8.29. The first-order valence-corrected chi connectivity index (χ1v) is 8.31. The molecule has 0 aliphatic rings. The van der Waals surface area contributed by atoms with E-state index >= 15 is 0 Å². The fraction of sp³-hybridized carbons (Fsp3) is 0.118. The second kappa shape index (κ2) is 7.63. The Labute approximate surface area is 148 Å². The molecule has 0 atom stereocenters. The molecule has 0 aromatic carbocycles. The van der Waals surface area contributed by atoms with Crippen LogP contribution >= 0.6 is 11.3 Å². The van der Waals surface area contributed by atoms with Crippen molar-refractivity contribution in [1.82, 2.24) is 24.9 Å². The Morgan fingerprint density at radius 3 is 2.60 bits per heavy atom. The zero-order chi connectivity index (χ0) is 17.6. The minimum atomic E-state index is 0.464. The number of hydrogen-bond acceptors (Lipinski definition) is 8. The largest absolute Gasteiger partial charge is 0.308 e. The standard InChI is InChI=1S/C17H15N7S/c1-3-19-10-12(9-18)17-23-11(2)14(25-17)13-5-8-22-16(24-13)15-20-6-4-7-21-15/h3-10,18H,1-2H3/b12-10+,18-9?,19-3-. The monoisotopic (exact) mass is 349 g/mol. The van der Waals surface area contributed by atoms with Crippen molar-refractivity contribution < 1.29 is 0 Å². The molecule has 0 bridgehead atoms. The van der Waals surface area contributed by atoms with Crippen LogP contribution < -0.4 is 0 Å². The predicted octanol–water partition coefficient (Wildman–Crippen LogP) is 3.45. The number of nitrogens with zero attached hydrogens (tertiary/aromatic N) is 6. The fourth-order valence-corrected chi connectivity index (χ4v) is 3.09. The summed E-state index contributed by atoms with van der Waals surface area (Å²) >= 11 is 1.46. The van der Waals surface area contributed by atoms with Gasteiger partial charge in [0.1, 0.15) is 5.01 Å². The molecule has 0 fully saturated rings. The van der Waals surface area contributed by atoms with E-state index in [1.807, 2.05) is 19.9 Å². The van der Waals surface area contributed by atoms with Crippen LogP contribution in [0.15, 0.2) is 41.9 Å². The van der Waals surface area contributed by atoms with Gasteiger partial charge >= 0.3 is 0 Å². The van der Waals surface area contributed by atoms with Crippen LogP contribution in [0.4, 0.5) is 0 Å². The third kappa shape index (κ3) is 3.69. The molecule has 0 spiro atoms. The Balaban J connectivity index is 2.02. The fourth-order valence-electron chi connectivity index (χ4n) is 2.07. The van der Waals surface area contributed by atoms with Crippen LogP contribution in [-0.4, -0.2) is 37.3 Å². The molecular weight excluding hydrogens is 334 g/mol. The van der Waals surface area contributed by atoms with Crippen LogP contribution in [-0.2, 0) is 0 Å². The van der Waals surface area contributed by atoms with Crippen molar-refractivity contribution in [3.05, 3.63) is 47.6 Å². The summed E-state index contributed by atoms with van der Waals surface area (Å²) < 4.78 is 0. The maximum absolute atomic E-state index is 7.56. The Morgan fingerprint density at radius 2 is 1.88 bits per heavy atom. The molecule has 0 saturated carbocycles. The van der Waals surface area contributed by atoms with Gasteiger partial charge in [-0.2, -0.15) is 0 Å². The van der Waals surface area contributed by atoms with Gasteiger partial charge in [-0.3, -0.25) is 4.99 Å². The maximum Gasteiger partial charge on any atom is 0.198 e. The molecule has 0 radical (unpaired) electrons. The highest BCUT2D eigenvalue weighted by Crippen LogP contribution is 2.32. The lowest BCUT2D eigenvalue weighted by Crippen LogP contribution is -1.95. The van der Waals surface area contributed by atoms with E-state index in [-0.39, 0.29) is 0 Å². The minimum absolute atomic E-state index is 0.464. The van der Waals surface area contributed by atoms with Gasteiger partial charge in [-0.15, -0.1) is 11.3 Å². The third-order valence-corrected chi connectivity index (χ3v) is 4.44. The Kier molecular flexibility index (Phi) is 5.10. The number of nitrogens with one attached hydrogen (secondary N) is 1. The molecule has 8 heteroatoms. The van der Waals surface area contributed by atoms with Gasteiger partial charge in [0.2, 0.25) is 0 Å². The van der Waals surface area contributed by atoms with Crippen LogP contribution in [0.5, 0.6) is 0 Å². The minimum Gasteiger partial charge on any atom is -0.308 e. The molecule has 3 rings (SSSR count). The normalized spacial score (nSPS) is 11.8. The molecule has 0 aliphatic heterocycles. The predicted molar refractivity (Wildman–Crippen MR) is 99.8 cm³/mol. The van der Waals surface area contributed by atoms with Gasteiger partial charge in [0.15, 0.2) is 11.6 Å². The average Bonchev–Trinajstić information content (AvgIpc) is 3.05. The number of thiazole rings is 1. The molecule has 3 aromatic heterocycles. The second-order valence-electron chi connectivity index (χ2n) is 4.91. The highest BCUT2D eigenvalue weighted by Gasteiger charge is 2.14. The molecular formula is C17H15N7S. The summed E-state index contributed by atoms with van der Waals surface area (Å²) in [6.45, 7) is 3.74. The lowest BCUT2D eigenvalue weighted by molar-refractivity contribution is 1.08. The quantitative estimate of drug-likeness (QED) is 0.711. The summed E-state index contributed by atoms with van der Waals surface area (Å²) in [7, 11) is 0. The number of allylic oxidation sites excluding steroid dienone is 1. The Morgan fingerprint density at radius 1 is 1.12 bits per heavy atom. The van der Waals surface area contributed by atoms with Crippen LogP contribution in [0.25, 0.3) is 27.8 Å².